The third kappa shape index (κ3) is 3.39. The number of halogens is 1. The molecule has 1 N–H and O–H groups in total. The third-order valence-corrected chi connectivity index (χ3v) is 7.22. The van der Waals surface area contributed by atoms with Gasteiger partial charge in [0.15, 0.2) is 0 Å². The van der Waals surface area contributed by atoms with E-state index in [-0.39, 0.29) is 11.4 Å². The summed E-state index contributed by atoms with van der Waals surface area (Å²) in [5, 5.41) is 3.30. The molecule has 29 heavy (non-hydrogen) atoms. The first-order chi connectivity index (χ1) is 13.8. The minimum atomic E-state index is -3.87. The molecule has 0 aliphatic carbocycles. The largest absolute Gasteiger partial charge is 0.324 e. The van der Waals surface area contributed by atoms with Crippen LogP contribution in [0.5, 0.6) is 0 Å². The highest BCUT2D eigenvalue weighted by Gasteiger charge is 2.35. The number of sulfonamides is 1. The number of nitrogens with zero attached hydrogens (tertiary/aromatic N) is 1. The zero-order chi connectivity index (χ0) is 20.8. The Hall–Kier alpha value is -2.83. The number of benzene rings is 3. The zero-order valence-corrected chi connectivity index (χ0v) is 17.5. The van der Waals surface area contributed by atoms with Crippen LogP contribution in [-0.4, -0.2) is 20.9 Å². The fourth-order valence-electron chi connectivity index (χ4n) is 3.48. The SMILES string of the molecule is Cc1ccc2c(c1)-c1ccccc1S(=O)(=O)N2CC(=O)Nc1cccc(Cl)c1C. The van der Waals surface area contributed by atoms with E-state index in [1.165, 1.54) is 4.31 Å². The van der Waals surface area contributed by atoms with Crippen LogP contribution in [0.25, 0.3) is 11.1 Å². The number of anilines is 2. The number of carbonyl (C=O) groups excluding carboxylic acids is 1. The van der Waals surface area contributed by atoms with Gasteiger partial charge in [0.25, 0.3) is 10.0 Å². The van der Waals surface area contributed by atoms with E-state index in [9.17, 15) is 13.2 Å². The molecule has 1 aliphatic heterocycles. The molecule has 0 saturated carbocycles. The van der Waals surface area contributed by atoms with Crippen LogP contribution in [0.2, 0.25) is 5.02 Å². The first kappa shape index (κ1) is 19.5. The summed E-state index contributed by atoms with van der Waals surface area (Å²) in [6.45, 7) is 3.41. The van der Waals surface area contributed by atoms with Gasteiger partial charge in [-0.3, -0.25) is 9.10 Å². The number of hydrogen-bond acceptors (Lipinski definition) is 3. The van der Waals surface area contributed by atoms with Crippen molar-refractivity contribution in [2.45, 2.75) is 18.7 Å². The molecule has 1 amide bonds. The monoisotopic (exact) mass is 426 g/mol. The molecule has 0 aromatic heterocycles. The van der Waals surface area contributed by atoms with E-state index in [1.54, 1.807) is 49.4 Å². The van der Waals surface area contributed by atoms with Crippen LogP contribution in [0.1, 0.15) is 11.1 Å². The number of carbonyl (C=O) groups is 1. The van der Waals surface area contributed by atoms with E-state index in [2.05, 4.69) is 5.32 Å². The molecule has 3 aromatic rings. The molecule has 5 nitrogen and oxygen atoms in total. The smallest absolute Gasteiger partial charge is 0.265 e. The second-order valence-corrected chi connectivity index (χ2v) is 9.23. The molecule has 1 heterocycles. The number of amides is 1. The van der Waals surface area contributed by atoms with Crippen molar-refractivity contribution in [2.24, 2.45) is 0 Å². The lowest BCUT2D eigenvalue weighted by molar-refractivity contribution is -0.114. The molecule has 0 bridgehead atoms. The van der Waals surface area contributed by atoms with Crippen LogP contribution in [-0.2, 0) is 14.8 Å². The van der Waals surface area contributed by atoms with Crippen molar-refractivity contribution in [1.29, 1.82) is 0 Å². The highest BCUT2D eigenvalue weighted by molar-refractivity contribution is 7.93. The van der Waals surface area contributed by atoms with E-state index in [0.29, 0.717) is 22.0 Å². The zero-order valence-electron chi connectivity index (χ0n) is 15.9. The molecule has 0 fully saturated rings. The van der Waals surface area contributed by atoms with Crippen molar-refractivity contribution in [3.8, 4) is 11.1 Å². The van der Waals surface area contributed by atoms with Gasteiger partial charge < -0.3 is 5.32 Å². The Balaban J connectivity index is 1.74. The Morgan fingerprint density at radius 3 is 2.55 bits per heavy atom. The van der Waals surface area contributed by atoms with Crippen molar-refractivity contribution in [2.75, 3.05) is 16.2 Å². The number of hydrogen-bond donors (Lipinski definition) is 1. The van der Waals surface area contributed by atoms with Crippen molar-refractivity contribution in [3.05, 3.63) is 76.8 Å². The number of rotatable bonds is 3. The van der Waals surface area contributed by atoms with E-state index in [1.807, 2.05) is 25.1 Å². The van der Waals surface area contributed by atoms with Gasteiger partial charge in [-0.15, -0.1) is 0 Å². The normalized spacial score (nSPS) is 14.1. The summed E-state index contributed by atoms with van der Waals surface area (Å²) in [5.41, 5.74) is 4.23. The lowest BCUT2D eigenvalue weighted by Crippen LogP contribution is -2.40. The van der Waals surface area contributed by atoms with E-state index in [4.69, 9.17) is 11.6 Å². The van der Waals surface area contributed by atoms with E-state index >= 15 is 0 Å². The predicted octanol–water partition coefficient (Wildman–Crippen LogP) is 4.77. The average Bonchev–Trinajstić information content (AvgIpc) is 2.69. The van der Waals surface area contributed by atoms with Gasteiger partial charge in [0, 0.05) is 21.8 Å². The lowest BCUT2D eigenvalue weighted by atomic mass is 10.0. The fraction of sp³-hybridized carbons (Fsp3) is 0.136. The van der Waals surface area contributed by atoms with Gasteiger partial charge in [-0.2, -0.15) is 0 Å². The van der Waals surface area contributed by atoms with Gasteiger partial charge >= 0.3 is 0 Å². The van der Waals surface area contributed by atoms with E-state index < -0.39 is 15.9 Å². The maximum atomic E-state index is 13.3. The molecule has 4 rings (SSSR count). The summed E-state index contributed by atoms with van der Waals surface area (Å²) in [5.74, 6) is -0.440. The highest BCUT2D eigenvalue weighted by Crippen LogP contribution is 2.43. The summed E-state index contributed by atoms with van der Waals surface area (Å²) in [6, 6.07) is 17.6. The van der Waals surface area contributed by atoms with Crippen LogP contribution < -0.4 is 9.62 Å². The molecular formula is C22H19ClN2O3S. The topological polar surface area (TPSA) is 66.5 Å². The molecule has 0 spiro atoms. The molecule has 0 radical (unpaired) electrons. The maximum Gasteiger partial charge on any atom is 0.265 e. The van der Waals surface area contributed by atoms with E-state index in [0.717, 1.165) is 16.7 Å². The van der Waals surface area contributed by atoms with Crippen LogP contribution >= 0.6 is 11.6 Å². The van der Waals surface area contributed by atoms with Crippen molar-refractivity contribution in [3.63, 3.8) is 0 Å². The molecule has 0 unspecified atom stereocenters. The number of nitrogens with one attached hydrogen (secondary N) is 1. The second-order valence-electron chi connectivity index (χ2n) is 6.99. The summed E-state index contributed by atoms with van der Waals surface area (Å²) in [6.07, 6.45) is 0. The van der Waals surface area contributed by atoms with Crippen LogP contribution in [0, 0.1) is 13.8 Å². The molecule has 1 aliphatic rings. The minimum absolute atomic E-state index is 0.199. The van der Waals surface area contributed by atoms with Crippen LogP contribution in [0.4, 0.5) is 11.4 Å². The standard InChI is InChI=1S/C22H19ClN2O3S/c1-14-10-11-20-17(12-14)16-6-3-4-9-21(16)29(27,28)25(20)13-22(26)24-19-8-5-7-18(23)15(19)2/h3-12H,13H2,1-2H3,(H,24,26). The summed E-state index contributed by atoms with van der Waals surface area (Å²) in [4.78, 5) is 13.0. The van der Waals surface area contributed by atoms with Crippen molar-refractivity contribution >= 4 is 38.9 Å². The molecule has 3 aromatic carbocycles. The predicted molar refractivity (Wildman–Crippen MR) is 116 cm³/mol. The fourth-order valence-corrected chi connectivity index (χ4v) is 5.30. The Morgan fingerprint density at radius 1 is 1.00 bits per heavy atom. The lowest BCUT2D eigenvalue weighted by Gasteiger charge is -2.32. The number of aryl methyl sites for hydroxylation is 1. The quantitative estimate of drug-likeness (QED) is 0.655. The summed E-state index contributed by atoms with van der Waals surface area (Å²) in [7, 11) is -3.87. The van der Waals surface area contributed by atoms with Gasteiger partial charge in [-0.25, -0.2) is 8.42 Å². The molecule has 148 valence electrons. The molecular weight excluding hydrogens is 408 g/mol. The van der Waals surface area contributed by atoms with Crippen LogP contribution in [0.3, 0.4) is 0 Å². The minimum Gasteiger partial charge on any atom is -0.324 e. The van der Waals surface area contributed by atoms with Gasteiger partial charge in [0.2, 0.25) is 5.91 Å². The van der Waals surface area contributed by atoms with Gasteiger partial charge in [-0.05, 0) is 49.7 Å². The first-order valence-electron chi connectivity index (χ1n) is 9.07. The first-order valence-corrected chi connectivity index (χ1v) is 10.9. The highest BCUT2D eigenvalue weighted by atomic mass is 35.5. The van der Waals surface area contributed by atoms with Crippen molar-refractivity contribution < 1.29 is 13.2 Å². The molecule has 0 atom stereocenters. The van der Waals surface area contributed by atoms with Gasteiger partial charge in [0.05, 0.1) is 10.6 Å². The number of fused-ring (bicyclic) bond motifs is 3. The maximum absolute atomic E-state index is 13.3. The second kappa shape index (κ2) is 7.21. The molecule has 0 saturated heterocycles. The average molecular weight is 427 g/mol. The molecule has 7 heteroatoms. The third-order valence-electron chi connectivity index (χ3n) is 5.00. The summed E-state index contributed by atoms with van der Waals surface area (Å²) >= 11 is 6.11. The van der Waals surface area contributed by atoms with Crippen LogP contribution in [0.15, 0.2) is 65.6 Å². The Kier molecular flexibility index (Phi) is 4.84. The Labute approximate surface area is 175 Å². The Morgan fingerprint density at radius 2 is 1.76 bits per heavy atom. The van der Waals surface area contributed by atoms with Gasteiger partial charge in [0.1, 0.15) is 6.54 Å². The Bertz CT molecular complexity index is 1240. The summed E-state index contributed by atoms with van der Waals surface area (Å²) < 4.78 is 27.7. The van der Waals surface area contributed by atoms with Gasteiger partial charge in [-0.1, -0.05) is 47.5 Å². The van der Waals surface area contributed by atoms with Crippen molar-refractivity contribution in [1.82, 2.24) is 0 Å².